The van der Waals surface area contributed by atoms with Crippen molar-refractivity contribution in [1.29, 1.82) is 0 Å². The van der Waals surface area contributed by atoms with Crippen LogP contribution in [-0.2, 0) is 0 Å². The van der Waals surface area contributed by atoms with Gasteiger partial charge in [0, 0.05) is 18.4 Å². The van der Waals surface area contributed by atoms with Gasteiger partial charge in [-0.15, -0.1) is 24.8 Å². The van der Waals surface area contributed by atoms with Crippen LogP contribution >= 0.6 is 24.8 Å². The first-order valence-corrected chi connectivity index (χ1v) is 5.02. The summed E-state index contributed by atoms with van der Waals surface area (Å²) in [6.45, 7) is 0. The van der Waals surface area contributed by atoms with E-state index < -0.39 is 0 Å². The third-order valence-electron chi connectivity index (χ3n) is 2.70. The van der Waals surface area contributed by atoms with Crippen molar-refractivity contribution in [2.45, 2.75) is 31.7 Å². The lowest BCUT2D eigenvalue weighted by Gasteiger charge is -2.10. The molecule has 0 radical (unpaired) electrons. The molecule has 0 aliphatic heterocycles. The lowest BCUT2D eigenvalue weighted by molar-refractivity contribution is 0.574. The third kappa shape index (κ3) is 4.83. The zero-order valence-electron chi connectivity index (χ0n) is 8.63. The van der Waals surface area contributed by atoms with E-state index in [1.165, 1.54) is 24.8 Å². The average Bonchev–Trinajstić information content (AvgIpc) is 2.99. The maximum Gasteiger partial charge on any atom is 0.0315 e. The van der Waals surface area contributed by atoms with E-state index in [0.717, 1.165) is 12.3 Å². The molecule has 1 heterocycles. The lowest BCUT2D eigenvalue weighted by Crippen LogP contribution is -2.10. The Bertz CT molecular complexity index is 263. The Kier molecular flexibility index (Phi) is 6.90. The molecule has 0 saturated heterocycles. The molecule has 2 N–H and O–H groups in total. The Morgan fingerprint density at radius 1 is 1.40 bits per heavy atom. The van der Waals surface area contributed by atoms with Crippen LogP contribution in [0.5, 0.6) is 0 Å². The normalized spacial score (nSPS) is 16.1. The first kappa shape index (κ1) is 14.7. The van der Waals surface area contributed by atoms with Gasteiger partial charge in [0.15, 0.2) is 0 Å². The fraction of sp³-hybridized carbons (Fsp3) is 0.545. The average molecular weight is 249 g/mol. The minimum Gasteiger partial charge on any atom is -0.324 e. The number of nitrogens with two attached hydrogens (primary N) is 1. The Balaban J connectivity index is 0.000000980. The van der Waals surface area contributed by atoms with Crippen LogP contribution in [0.1, 0.15) is 37.3 Å². The van der Waals surface area contributed by atoms with E-state index >= 15 is 0 Å². The van der Waals surface area contributed by atoms with Crippen LogP contribution in [0.4, 0.5) is 0 Å². The van der Waals surface area contributed by atoms with Crippen LogP contribution in [0.15, 0.2) is 24.5 Å². The molecule has 1 atom stereocenters. The van der Waals surface area contributed by atoms with Crippen molar-refractivity contribution >= 4 is 24.8 Å². The highest BCUT2D eigenvalue weighted by Gasteiger charge is 2.21. The van der Waals surface area contributed by atoms with Gasteiger partial charge in [-0.2, -0.15) is 0 Å². The second-order valence-corrected chi connectivity index (χ2v) is 3.91. The van der Waals surface area contributed by atoms with Crippen molar-refractivity contribution in [2.24, 2.45) is 11.7 Å². The third-order valence-corrected chi connectivity index (χ3v) is 2.70. The molecule has 1 fully saturated rings. The summed E-state index contributed by atoms with van der Waals surface area (Å²) in [5, 5.41) is 0. The van der Waals surface area contributed by atoms with Crippen molar-refractivity contribution in [3.8, 4) is 0 Å². The first-order chi connectivity index (χ1) is 6.36. The predicted molar refractivity (Wildman–Crippen MR) is 67.6 cm³/mol. The summed E-state index contributed by atoms with van der Waals surface area (Å²) in [7, 11) is 0. The van der Waals surface area contributed by atoms with E-state index in [9.17, 15) is 0 Å². The van der Waals surface area contributed by atoms with Crippen molar-refractivity contribution in [3.05, 3.63) is 30.1 Å². The van der Waals surface area contributed by atoms with Gasteiger partial charge in [0.1, 0.15) is 0 Å². The number of rotatable bonds is 4. The number of aromatic nitrogens is 1. The van der Waals surface area contributed by atoms with Crippen LogP contribution in [0, 0.1) is 5.92 Å². The summed E-state index contributed by atoms with van der Waals surface area (Å²) in [4.78, 5) is 4.07. The summed E-state index contributed by atoms with van der Waals surface area (Å²) >= 11 is 0. The summed E-state index contributed by atoms with van der Waals surface area (Å²) < 4.78 is 0. The van der Waals surface area contributed by atoms with Gasteiger partial charge in [0.2, 0.25) is 0 Å². The highest BCUT2D eigenvalue weighted by molar-refractivity contribution is 5.85. The monoisotopic (exact) mass is 248 g/mol. The maximum atomic E-state index is 6.03. The van der Waals surface area contributed by atoms with E-state index in [-0.39, 0.29) is 30.9 Å². The van der Waals surface area contributed by atoms with Gasteiger partial charge < -0.3 is 5.73 Å². The number of nitrogens with zero attached hydrogens (tertiary/aromatic N) is 1. The van der Waals surface area contributed by atoms with Gasteiger partial charge in [-0.3, -0.25) is 4.98 Å². The molecule has 0 amide bonds. The van der Waals surface area contributed by atoms with Crippen LogP contribution in [0.3, 0.4) is 0 Å². The molecule has 15 heavy (non-hydrogen) atoms. The first-order valence-electron chi connectivity index (χ1n) is 5.02. The minimum absolute atomic E-state index is 0. The van der Waals surface area contributed by atoms with Crippen molar-refractivity contribution < 1.29 is 0 Å². The Labute approximate surface area is 103 Å². The standard InChI is InChI=1S/C11H16N2.2ClH/c12-11(6-5-9-3-4-9)10-2-1-7-13-8-10;;/h1-2,7-9,11H,3-6,12H2;2*1H. The van der Waals surface area contributed by atoms with Gasteiger partial charge in [-0.05, 0) is 30.4 Å². The smallest absolute Gasteiger partial charge is 0.0315 e. The molecular weight excluding hydrogens is 231 g/mol. The Morgan fingerprint density at radius 3 is 2.67 bits per heavy atom. The summed E-state index contributed by atoms with van der Waals surface area (Å²) in [5.74, 6) is 0.975. The van der Waals surface area contributed by atoms with Crippen molar-refractivity contribution in [3.63, 3.8) is 0 Å². The lowest BCUT2D eigenvalue weighted by atomic mass is 10.0. The van der Waals surface area contributed by atoms with E-state index in [4.69, 9.17) is 5.73 Å². The molecule has 4 heteroatoms. The molecule has 0 bridgehead atoms. The molecular formula is C11H18Cl2N2. The largest absolute Gasteiger partial charge is 0.324 e. The van der Waals surface area contributed by atoms with Crippen LogP contribution < -0.4 is 5.73 Å². The Morgan fingerprint density at radius 2 is 2.13 bits per heavy atom. The molecule has 2 nitrogen and oxygen atoms in total. The maximum absolute atomic E-state index is 6.03. The van der Waals surface area contributed by atoms with E-state index in [1.54, 1.807) is 6.20 Å². The zero-order valence-corrected chi connectivity index (χ0v) is 10.3. The molecule has 86 valence electrons. The Hall–Kier alpha value is -0.310. The van der Waals surface area contributed by atoms with Crippen LogP contribution in [0.2, 0.25) is 0 Å². The molecule has 1 aromatic heterocycles. The second kappa shape index (κ2) is 7.04. The molecule has 1 aliphatic rings. The fourth-order valence-corrected chi connectivity index (χ4v) is 1.58. The molecule has 1 unspecified atom stereocenters. The van der Waals surface area contributed by atoms with Gasteiger partial charge >= 0.3 is 0 Å². The zero-order chi connectivity index (χ0) is 9.10. The van der Waals surface area contributed by atoms with E-state index in [1.807, 2.05) is 12.3 Å². The molecule has 1 aromatic rings. The van der Waals surface area contributed by atoms with Crippen molar-refractivity contribution in [2.75, 3.05) is 0 Å². The van der Waals surface area contributed by atoms with Crippen LogP contribution in [0.25, 0.3) is 0 Å². The number of pyridine rings is 1. The van der Waals surface area contributed by atoms with Gasteiger partial charge in [0.05, 0.1) is 0 Å². The molecule has 1 saturated carbocycles. The molecule has 2 rings (SSSR count). The van der Waals surface area contributed by atoms with E-state index in [0.29, 0.717) is 0 Å². The van der Waals surface area contributed by atoms with Crippen LogP contribution in [-0.4, -0.2) is 4.98 Å². The molecule has 1 aliphatic carbocycles. The quantitative estimate of drug-likeness (QED) is 0.890. The topological polar surface area (TPSA) is 38.9 Å². The highest BCUT2D eigenvalue weighted by atomic mass is 35.5. The number of hydrogen-bond donors (Lipinski definition) is 1. The predicted octanol–water partition coefficient (Wildman–Crippen LogP) is 3.12. The highest BCUT2D eigenvalue weighted by Crippen LogP contribution is 2.35. The second-order valence-electron chi connectivity index (χ2n) is 3.91. The number of hydrogen-bond acceptors (Lipinski definition) is 2. The summed E-state index contributed by atoms with van der Waals surface area (Å²) in [6, 6.07) is 4.20. The van der Waals surface area contributed by atoms with Gasteiger partial charge in [0.25, 0.3) is 0 Å². The summed E-state index contributed by atoms with van der Waals surface area (Å²) in [5.41, 5.74) is 7.20. The summed E-state index contributed by atoms with van der Waals surface area (Å²) in [6.07, 6.45) is 8.89. The van der Waals surface area contributed by atoms with Gasteiger partial charge in [-0.1, -0.05) is 18.9 Å². The molecule has 0 aromatic carbocycles. The minimum atomic E-state index is 0. The van der Waals surface area contributed by atoms with Gasteiger partial charge in [-0.25, -0.2) is 0 Å². The number of halogens is 2. The fourth-order valence-electron chi connectivity index (χ4n) is 1.58. The SMILES string of the molecule is Cl.Cl.NC(CCC1CC1)c1cccnc1. The van der Waals surface area contributed by atoms with E-state index in [2.05, 4.69) is 11.1 Å². The molecule has 0 spiro atoms. The van der Waals surface area contributed by atoms with Crippen molar-refractivity contribution in [1.82, 2.24) is 4.98 Å².